The molecule has 0 unspecified atom stereocenters. The molecule has 1 aliphatic carbocycles. The Labute approximate surface area is 224 Å². The first-order valence-corrected chi connectivity index (χ1v) is 12.9. The van der Waals surface area contributed by atoms with Crippen LogP contribution in [-0.4, -0.2) is 77.4 Å². The average molecular weight is 521 g/mol. The molecular formula is C30H36N2O6. The number of likely N-dealkylation sites (N-methyl/N-ethyl adjacent to an activating group) is 1. The normalized spacial score (nSPS) is 12.1. The number of ether oxygens (including phenoxy) is 5. The van der Waals surface area contributed by atoms with Crippen molar-refractivity contribution < 1.29 is 28.5 Å². The Bertz CT molecular complexity index is 1110. The van der Waals surface area contributed by atoms with Crippen LogP contribution in [0.3, 0.4) is 0 Å². The molecule has 8 nitrogen and oxygen atoms in total. The van der Waals surface area contributed by atoms with Crippen LogP contribution < -0.4 is 10.5 Å². The number of hydrogen-bond donors (Lipinski definition) is 1. The predicted octanol–water partition coefficient (Wildman–Crippen LogP) is 4.58. The summed E-state index contributed by atoms with van der Waals surface area (Å²) >= 11 is 0. The molecule has 0 aromatic heterocycles. The van der Waals surface area contributed by atoms with Crippen molar-refractivity contribution in [2.24, 2.45) is 0 Å². The van der Waals surface area contributed by atoms with E-state index in [1.165, 1.54) is 27.2 Å². The lowest BCUT2D eigenvalue weighted by Crippen LogP contribution is -2.32. The molecule has 202 valence electrons. The summed E-state index contributed by atoms with van der Waals surface area (Å²) in [6.45, 7) is 3.95. The second kappa shape index (κ2) is 14.4. The van der Waals surface area contributed by atoms with Crippen molar-refractivity contribution in [3.05, 3.63) is 83.9 Å². The first-order chi connectivity index (χ1) is 18.6. The maximum absolute atomic E-state index is 12.5. The van der Waals surface area contributed by atoms with Crippen molar-refractivity contribution in [3.63, 3.8) is 0 Å². The Balaban J connectivity index is 1.01. The molecule has 1 amide bonds. The second-order valence-electron chi connectivity index (χ2n) is 8.98. The Kier molecular flexibility index (Phi) is 10.4. The van der Waals surface area contributed by atoms with Gasteiger partial charge in [0.1, 0.15) is 19.0 Å². The Morgan fingerprint density at radius 2 is 1.26 bits per heavy atom. The predicted molar refractivity (Wildman–Crippen MR) is 147 cm³/mol. The van der Waals surface area contributed by atoms with Crippen molar-refractivity contribution in [1.82, 2.24) is 4.90 Å². The van der Waals surface area contributed by atoms with Gasteiger partial charge in [-0.3, -0.25) is 0 Å². The number of nitrogens with two attached hydrogens (primary N) is 1. The van der Waals surface area contributed by atoms with E-state index in [0.717, 1.165) is 5.75 Å². The largest absolute Gasteiger partial charge is 0.491 e. The van der Waals surface area contributed by atoms with Gasteiger partial charge in [-0.15, -0.1) is 0 Å². The second-order valence-corrected chi connectivity index (χ2v) is 8.98. The Morgan fingerprint density at radius 1 is 0.737 bits per heavy atom. The van der Waals surface area contributed by atoms with Crippen LogP contribution in [0.2, 0.25) is 0 Å². The highest BCUT2D eigenvalue weighted by Crippen LogP contribution is 2.44. The van der Waals surface area contributed by atoms with Gasteiger partial charge in [0.05, 0.1) is 39.6 Å². The van der Waals surface area contributed by atoms with Gasteiger partial charge in [0.2, 0.25) is 0 Å². The lowest BCUT2D eigenvalue weighted by atomic mass is 9.98. The first kappa shape index (κ1) is 27.4. The number of rotatable bonds is 15. The molecule has 1 aliphatic rings. The van der Waals surface area contributed by atoms with Gasteiger partial charge >= 0.3 is 6.09 Å². The highest BCUT2D eigenvalue weighted by Gasteiger charge is 2.29. The van der Waals surface area contributed by atoms with Crippen LogP contribution in [0.5, 0.6) is 5.75 Å². The van der Waals surface area contributed by atoms with Crippen LogP contribution >= 0.6 is 0 Å². The number of hydrogen-bond acceptors (Lipinski definition) is 7. The van der Waals surface area contributed by atoms with Gasteiger partial charge in [-0.25, -0.2) is 4.79 Å². The standard InChI is InChI=1S/C30H36N2O6/c1-32(14-15-34-16-17-35-18-19-36-20-21-37-24-12-10-23(31)11-13-24)30(33)38-22-29-27-8-4-2-6-25(27)26-7-3-5-9-28(26)29/h2-13,29H,14-22,31H2,1H3. The summed E-state index contributed by atoms with van der Waals surface area (Å²) in [6, 6.07) is 23.8. The van der Waals surface area contributed by atoms with Crippen molar-refractivity contribution in [1.29, 1.82) is 0 Å². The minimum absolute atomic E-state index is 0.0494. The number of anilines is 1. The highest BCUT2D eigenvalue weighted by atomic mass is 16.6. The molecule has 2 N–H and O–H groups in total. The molecule has 0 saturated carbocycles. The summed E-state index contributed by atoms with van der Waals surface area (Å²) in [5.41, 5.74) is 11.2. The van der Waals surface area contributed by atoms with Gasteiger partial charge in [-0.1, -0.05) is 48.5 Å². The maximum Gasteiger partial charge on any atom is 0.409 e. The van der Waals surface area contributed by atoms with E-state index in [1.54, 1.807) is 19.2 Å². The summed E-state index contributed by atoms with van der Waals surface area (Å²) in [7, 11) is 1.72. The molecule has 3 aromatic rings. The minimum atomic E-state index is -0.357. The van der Waals surface area contributed by atoms with E-state index in [4.69, 9.17) is 29.4 Å². The summed E-state index contributed by atoms with van der Waals surface area (Å²) in [5, 5.41) is 0. The number of amides is 1. The molecule has 8 heteroatoms. The van der Waals surface area contributed by atoms with Crippen LogP contribution in [0.25, 0.3) is 11.1 Å². The smallest absolute Gasteiger partial charge is 0.409 e. The molecule has 0 bridgehead atoms. The SMILES string of the molecule is CN(CCOCCOCCOCCOc1ccc(N)cc1)C(=O)OCC1c2ccccc2-c2ccccc21. The average Bonchev–Trinajstić information content (AvgIpc) is 3.26. The minimum Gasteiger partial charge on any atom is -0.491 e. The lowest BCUT2D eigenvalue weighted by Gasteiger charge is -2.19. The zero-order valence-electron chi connectivity index (χ0n) is 21.8. The van der Waals surface area contributed by atoms with Gasteiger partial charge in [-0.05, 0) is 46.5 Å². The fraction of sp³-hybridized carbons (Fsp3) is 0.367. The van der Waals surface area contributed by atoms with Crippen molar-refractivity contribution >= 4 is 11.8 Å². The summed E-state index contributed by atoms with van der Waals surface area (Å²) in [5.74, 6) is 0.814. The molecular weight excluding hydrogens is 484 g/mol. The summed E-state index contributed by atoms with van der Waals surface area (Å²) in [6.07, 6.45) is -0.357. The van der Waals surface area contributed by atoms with E-state index in [0.29, 0.717) is 65.1 Å². The molecule has 0 fully saturated rings. The highest BCUT2D eigenvalue weighted by molar-refractivity contribution is 5.79. The van der Waals surface area contributed by atoms with E-state index in [-0.39, 0.29) is 12.0 Å². The molecule has 0 spiro atoms. The Morgan fingerprint density at radius 3 is 1.87 bits per heavy atom. The fourth-order valence-electron chi connectivity index (χ4n) is 4.32. The topological polar surface area (TPSA) is 92.5 Å². The quantitative estimate of drug-likeness (QED) is 0.232. The fourth-order valence-corrected chi connectivity index (χ4v) is 4.32. The van der Waals surface area contributed by atoms with E-state index in [9.17, 15) is 4.79 Å². The molecule has 0 atom stereocenters. The van der Waals surface area contributed by atoms with E-state index in [1.807, 2.05) is 36.4 Å². The van der Waals surface area contributed by atoms with Crippen LogP contribution in [-0.2, 0) is 18.9 Å². The maximum atomic E-state index is 12.5. The van der Waals surface area contributed by atoms with Gasteiger partial charge in [-0.2, -0.15) is 0 Å². The zero-order chi connectivity index (χ0) is 26.6. The Hall–Kier alpha value is -3.59. The molecule has 0 radical (unpaired) electrons. The summed E-state index contributed by atoms with van der Waals surface area (Å²) in [4.78, 5) is 14.1. The third kappa shape index (κ3) is 7.71. The number of carbonyl (C=O) groups excluding carboxylic acids is 1. The van der Waals surface area contributed by atoms with Crippen molar-refractivity contribution in [2.45, 2.75) is 5.92 Å². The number of fused-ring (bicyclic) bond motifs is 3. The summed E-state index contributed by atoms with van der Waals surface area (Å²) < 4.78 is 27.8. The monoisotopic (exact) mass is 520 g/mol. The molecule has 0 saturated heterocycles. The van der Waals surface area contributed by atoms with Crippen LogP contribution in [0.15, 0.2) is 72.8 Å². The van der Waals surface area contributed by atoms with Crippen LogP contribution in [0.1, 0.15) is 17.0 Å². The number of nitrogens with zero attached hydrogens (tertiary/aromatic N) is 1. The molecule has 38 heavy (non-hydrogen) atoms. The molecule has 3 aromatic carbocycles. The van der Waals surface area contributed by atoms with E-state index in [2.05, 4.69) is 24.3 Å². The molecule has 4 rings (SSSR count). The first-order valence-electron chi connectivity index (χ1n) is 12.9. The van der Waals surface area contributed by atoms with E-state index >= 15 is 0 Å². The van der Waals surface area contributed by atoms with Gasteiger partial charge in [0.25, 0.3) is 0 Å². The van der Waals surface area contributed by atoms with Gasteiger partial charge < -0.3 is 34.3 Å². The zero-order valence-corrected chi connectivity index (χ0v) is 21.8. The van der Waals surface area contributed by atoms with Gasteiger partial charge in [0, 0.05) is 25.2 Å². The molecule has 0 heterocycles. The third-order valence-electron chi connectivity index (χ3n) is 6.34. The van der Waals surface area contributed by atoms with Crippen molar-refractivity contribution in [3.8, 4) is 16.9 Å². The van der Waals surface area contributed by atoms with Crippen LogP contribution in [0.4, 0.5) is 10.5 Å². The third-order valence-corrected chi connectivity index (χ3v) is 6.34. The van der Waals surface area contributed by atoms with E-state index < -0.39 is 0 Å². The number of carbonyl (C=O) groups is 1. The number of benzene rings is 3. The van der Waals surface area contributed by atoms with Gasteiger partial charge in [0.15, 0.2) is 0 Å². The lowest BCUT2D eigenvalue weighted by molar-refractivity contribution is 0.00655. The van der Waals surface area contributed by atoms with Crippen LogP contribution in [0, 0.1) is 0 Å². The van der Waals surface area contributed by atoms with Crippen molar-refractivity contribution in [2.75, 3.05) is 72.2 Å². The molecule has 0 aliphatic heterocycles. The number of nitrogen functional groups attached to an aromatic ring is 1.